The van der Waals surface area contributed by atoms with Crippen molar-refractivity contribution in [2.45, 2.75) is 25.3 Å². The molecule has 4 heteroatoms. The first-order valence-electron chi connectivity index (χ1n) is 6.80. The van der Waals surface area contributed by atoms with E-state index in [1.165, 1.54) is 0 Å². The highest BCUT2D eigenvalue weighted by atomic mass is 16.5. The largest absolute Gasteiger partial charge is 0.496 e. The molecule has 2 rings (SSSR count). The summed E-state index contributed by atoms with van der Waals surface area (Å²) >= 11 is 0. The van der Waals surface area contributed by atoms with Crippen LogP contribution in [0.5, 0.6) is 5.75 Å². The van der Waals surface area contributed by atoms with Gasteiger partial charge in [0.15, 0.2) is 5.78 Å². The van der Waals surface area contributed by atoms with E-state index in [4.69, 9.17) is 10.5 Å². The molecule has 1 aliphatic heterocycles. The minimum atomic E-state index is 0.236. The van der Waals surface area contributed by atoms with E-state index in [1.54, 1.807) is 7.11 Å². The molecule has 0 saturated carbocycles. The highest BCUT2D eigenvalue weighted by Crippen LogP contribution is 2.18. The lowest BCUT2D eigenvalue weighted by Gasteiger charge is -2.29. The van der Waals surface area contributed by atoms with Gasteiger partial charge in [0.25, 0.3) is 0 Å². The first kappa shape index (κ1) is 14.0. The molecular weight excluding hydrogens is 240 g/mol. The number of carbonyl (C=O) groups excluding carboxylic acids is 1. The van der Waals surface area contributed by atoms with Crippen LogP contribution in [0.3, 0.4) is 0 Å². The summed E-state index contributed by atoms with van der Waals surface area (Å²) < 4.78 is 5.27. The van der Waals surface area contributed by atoms with E-state index in [2.05, 4.69) is 4.90 Å². The maximum atomic E-state index is 12.1. The van der Waals surface area contributed by atoms with Crippen molar-refractivity contribution in [2.75, 3.05) is 26.7 Å². The third-order valence-corrected chi connectivity index (χ3v) is 3.61. The number of benzene rings is 1. The zero-order valence-electron chi connectivity index (χ0n) is 11.5. The van der Waals surface area contributed by atoms with Crippen molar-refractivity contribution < 1.29 is 9.53 Å². The van der Waals surface area contributed by atoms with Crippen LogP contribution in [0.1, 0.15) is 18.4 Å². The Morgan fingerprint density at radius 2 is 2.05 bits per heavy atom. The number of hydrogen-bond acceptors (Lipinski definition) is 4. The van der Waals surface area contributed by atoms with Gasteiger partial charge in [0.2, 0.25) is 0 Å². The lowest BCUT2D eigenvalue weighted by atomic mass is 10.0. The Bertz CT molecular complexity index is 426. The van der Waals surface area contributed by atoms with Gasteiger partial charge in [-0.3, -0.25) is 9.69 Å². The molecule has 1 fully saturated rings. The van der Waals surface area contributed by atoms with Crippen LogP contribution >= 0.6 is 0 Å². The van der Waals surface area contributed by atoms with Crippen LogP contribution in [0.25, 0.3) is 0 Å². The monoisotopic (exact) mass is 262 g/mol. The molecular formula is C15H22N2O2. The van der Waals surface area contributed by atoms with E-state index in [0.717, 1.165) is 37.2 Å². The molecule has 1 saturated heterocycles. The first-order chi connectivity index (χ1) is 9.19. The number of methoxy groups -OCH3 is 1. The second-order valence-electron chi connectivity index (χ2n) is 5.14. The molecule has 2 N–H and O–H groups in total. The van der Waals surface area contributed by atoms with Gasteiger partial charge < -0.3 is 10.5 Å². The van der Waals surface area contributed by atoms with Crippen LogP contribution in [0.4, 0.5) is 0 Å². The van der Waals surface area contributed by atoms with E-state index in [0.29, 0.717) is 19.0 Å². The van der Waals surface area contributed by atoms with Crippen molar-refractivity contribution in [2.24, 2.45) is 5.73 Å². The maximum absolute atomic E-state index is 12.1. The summed E-state index contributed by atoms with van der Waals surface area (Å²) in [5.74, 6) is 1.02. The molecule has 104 valence electrons. The molecule has 0 atom stereocenters. The van der Waals surface area contributed by atoms with Gasteiger partial charge in [-0.25, -0.2) is 0 Å². The number of Topliss-reactive ketones (excluding diaryl/α,β-unsaturated/α-hetero) is 1. The number of rotatable bonds is 5. The summed E-state index contributed by atoms with van der Waals surface area (Å²) in [5.41, 5.74) is 6.82. The highest BCUT2D eigenvalue weighted by Gasteiger charge is 2.18. The van der Waals surface area contributed by atoms with Crippen LogP contribution in [-0.2, 0) is 11.2 Å². The number of likely N-dealkylation sites (tertiary alicyclic amines) is 1. The van der Waals surface area contributed by atoms with Gasteiger partial charge in [-0.2, -0.15) is 0 Å². The molecule has 0 unspecified atom stereocenters. The van der Waals surface area contributed by atoms with Crippen molar-refractivity contribution in [3.05, 3.63) is 29.8 Å². The molecule has 0 aromatic heterocycles. The molecule has 1 aromatic rings. The lowest BCUT2D eigenvalue weighted by molar-refractivity contribution is -0.119. The van der Waals surface area contributed by atoms with Crippen molar-refractivity contribution in [3.63, 3.8) is 0 Å². The van der Waals surface area contributed by atoms with E-state index in [-0.39, 0.29) is 5.78 Å². The fourth-order valence-corrected chi connectivity index (χ4v) is 2.48. The summed E-state index contributed by atoms with van der Waals surface area (Å²) in [4.78, 5) is 14.3. The second-order valence-corrected chi connectivity index (χ2v) is 5.14. The van der Waals surface area contributed by atoms with E-state index in [9.17, 15) is 4.79 Å². The standard InChI is InChI=1S/C15H22N2O2/c1-19-15-5-3-2-4-12(15)10-14(18)11-17-8-6-13(16)7-9-17/h2-5,13H,6-11,16H2,1H3. The number of para-hydroxylation sites is 1. The number of ketones is 1. The van der Waals surface area contributed by atoms with Crippen molar-refractivity contribution in [3.8, 4) is 5.75 Å². The number of nitrogens with two attached hydrogens (primary N) is 1. The summed E-state index contributed by atoms with van der Waals surface area (Å²) in [7, 11) is 1.63. The molecule has 0 spiro atoms. The van der Waals surface area contributed by atoms with E-state index < -0.39 is 0 Å². The highest BCUT2D eigenvalue weighted by molar-refractivity contribution is 5.83. The zero-order valence-corrected chi connectivity index (χ0v) is 11.5. The Kier molecular flexibility index (Phi) is 4.93. The van der Waals surface area contributed by atoms with E-state index in [1.807, 2.05) is 24.3 Å². The topological polar surface area (TPSA) is 55.6 Å². The smallest absolute Gasteiger partial charge is 0.151 e. The summed E-state index contributed by atoms with van der Waals surface area (Å²) in [5, 5.41) is 0. The number of nitrogens with zero attached hydrogens (tertiary/aromatic N) is 1. The second kappa shape index (κ2) is 6.68. The fraction of sp³-hybridized carbons (Fsp3) is 0.533. The Balaban J connectivity index is 1.87. The SMILES string of the molecule is COc1ccccc1CC(=O)CN1CCC(N)CC1. The average molecular weight is 262 g/mol. The van der Waals surface area contributed by atoms with Crippen LogP contribution in [0.2, 0.25) is 0 Å². The fourth-order valence-electron chi connectivity index (χ4n) is 2.48. The summed E-state index contributed by atoms with van der Waals surface area (Å²) in [6.07, 6.45) is 2.41. The molecule has 19 heavy (non-hydrogen) atoms. The number of piperidine rings is 1. The Labute approximate surface area is 114 Å². The summed E-state index contributed by atoms with van der Waals surface area (Å²) in [6, 6.07) is 8.00. The molecule has 0 amide bonds. The third kappa shape index (κ3) is 4.04. The van der Waals surface area contributed by atoms with Gasteiger partial charge in [0, 0.05) is 31.1 Å². The number of ether oxygens (including phenoxy) is 1. The molecule has 1 aliphatic rings. The van der Waals surface area contributed by atoms with Crippen LogP contribution in [0.15, 0.2) is 24.3 Å². The third-order valence-electron chi connectivity index (χ3n) is 3.61. The molecule has 0 aliphatic carbocycles. The van der Waals surface area contributed by atoms with E-state index >= 15 is 0 Å². The molecule has 1 aromatic carbocycles. The van der Waals surface area contributed by atoms with Crippen LogP contribution in [-0.4, -0.2) is 43.5 Å². The number of hydrogen-bond donors (Lipinski definition) is 1. The van der Waals surface area contributed by atoms with Gasteiger partial charge in [-0.1, -0.05) is 18.2 Å². The normalized spacial score (nSPS) is 17.4. The van der Waals surface area contributed by atoms with Crippen molar-refractivity contribution in [1.82, 2.24) is 4.90 Å². The Hall–Kier alpha value is -1.39. The quantitative estimate of drug-likeness (QED) is 0.867. The minimum Gasteiger partial charge on any atom is -0.496 e. The summed E-state index contributed by atoms with van der Waals surface area (Å²) in [6.45, 7) is 2.38. The first-order valence-corrected chi connectivity index (χ1v) is 6.80. The zero-order chi connectivity index (χ0) is 13.7. The molecule has 0 radical (unpaired) electrons. The van der Waals surface area contributed by atoms with Gasteiger partial charge in [-0.15, -0.1) is 0 Å². The number of carbonyl (C=O) groups is 1. The Morgan fingerprint density at radius 3 is 2.74 bits per heavy atom. The van der Waals surface area contributed by atoms with Gasteiger partial charge >= 0.3 is 0 Å². The molecule has 4 nitrogen and oxygen atoms in total. The van der Waals surface area contributed by atoms with Crippen molar-refractivity contribution >= 4 is 5.78 Å². The predicted molar refractivity (Wildman–Crippen MR) is 75.4 cm³/mol. The maximum Gasteiger partial charge on any atom is 0.151 e. The average Bonchev–Trinajstić information content (AvgIpc) is 2.42. The van der Waals surface area contributed by atoms with Gasteiger partial charge in [0.1, 0.15) is 5.75 Å². The minimum absolute atomic E-state index is 0.236. The molecule has 1 heterocycles. The van der Waals surface area contributed by atoms with Gasteiger partial charge in [0.05, 0.1) is 13.7 Å². The van der Waals surface area contributed by atoms with Crippen molar-refractivity contribution in [1.29, 1.82) is 0 Å². The predicted octanol–water partition coefficient (Wildman–Crippen LogP) is 1.23. The van der Waals surface area contributed by atoms with Gasteiger partial charge in [-0.05, 0) is 18.9 Å². The van der Waals surface area contributed by atoms with Crippen LogP contribution < -0.4 is 10.5 Å². The Morgan fingerprint density at radius 1 is 1.37 bits per heavy atom. The lowest BCUT2D eigenvalue weighted by Crippen LogP contribution is -2.42. The molecule has 0 bridgehead atoms. The van der Waals surface area contributed by atoms with Crippen LogP contribution in [0, 0.1) is 0 Å².